The summed E-state index contributed by atoms with van der Waals surface area (Å²) in [7, 11) is 0. The van der Waals surface area contributed by atoms with Gasteiger partial charge in [0.25, 0.3) is 0 Å². The summed E-state index contributed by atoms with van der Waals surface area (Å²) in [4.78, 5) is 0. The van der Waals surface area contributed by atoms with Crippen LogP contribution in [-0.4, -0.2) is 25.9 Å². The van der Waals surface area contributed by atoms with Gasteiger partial charge in [-0.05, 0) is 37.0 Å². The van der Waals surface area contributed by atoms with Crippen molar-refractivity contribution in [3.63, 3.8) is 0 Å². The zero-order chi connectivity index (χ0) is 10.0. The smallest absolute Gasteiger partial charge is 0.0598 e. The van der Waals surface area contributed by atoms with E-state index >= 15 is 0 Å². The third-order valence-electron chi connectivity index (χ3n) is 3.86. The lowest BCUT2D eigenvalue weighted by Crippen LogP contribution is -2.41. The predicted molar refractivity (Wildman–Crippen MR) is 56.3 cm³/mol. The van der Waals surface area contributed by atoms with Crippen LogP contribution in [0.4, 0.5) is 0 Å². The van der Waals surface area contributed by atoms with Crippen LogP contribution < -0.4 is 0 Å². The number of ether oxygens (including phenoxy) is 2. The van der Waals surface area contributed by atoms with E-state index < -0.39 is 0 Å². The van der Waals surface area contributed by atoms with Crippen LogP contribution in [0.25, 0.3) is 0 Å². The first-order valence-corrected chi connectivity index (χ1v) is 5.91. The molecule has 0 aromatic heterocycles. The molecule has 1 spiro atoms. The molecule has 0 aromatic carbocycles. The molecule has 0 bridgehead atoms. The van der Waals surface area contributed by atoms with E-state index in [-0.39, 0.29) is 0 Å². The molecule has 82 valence electrons. The minimum atomic E-state index is 0.476. The van der Waals surface area contributed by atoms with Gasteiger partial charge < -0.3 is 9.47 Å². The van der Waals surface area contributed by atoms with Crippen LogP contribution >= 0.6 is 0 Å². The van der Waals surface area contributed by atoms with Crippen molar-refractivity contribution in [2.45, 2.75) is 45.6 Å². The summed E-state index contributed by atoms with van der Waals surface area (Å²) in [6.07, 6.45) is 5.51. The Morgan fingerprint density at radius 1 is 1.14 bits per heavy atom. The Morgan fingerprint density at radius 3 is 2.36 bits per heavy atom. The molecule has 0 radical (unpaired) electrons. The SMILES string of the molecule is CC(C)[C@H]1CCC2(CCOCC2)CO1. The van der Waals surface area contributed by atoms with Gasteiger partial charge >= 0.3 is 0 Å². The second-order valence-corrected chi connectivity index (χ2v) is 5.24. The summed E-state index contributed by atoms with van der Waals surface area (Å²) >= 11 is 0. The maximum Gasteiger partial charge on any atom is 0.0598 e. The molecule has 0 unspecified atom stereocenters. The first-order chi connectivity index (χ1) is 6.72. The Hall–Kier alpha value is -0.0800. The Morgan fingerprint density at radius 2 is 1.86 bits per heavy atom. The Balaban J connectivity index is 1.87. The topological polar surface area (TPSA) is 18.5 Å². The molecule has 14 heavy (non-hydrogen) atoms. The molecule has 2 aliphatic rings. The van der Waals surface area contributed by atoms with Crippen molar-refractivity contribution in [1.82, 2.24) is 0 Å². The number of hydrogen-bond acceptors (Lipinski definition) is 2. The number of hydrogen-bond donors (Lipinski definition) is 0. The fourth-order valence-corrected chi connectivity index (χ4v) is 2.61. The average molecular weight is 198 g/mol. The van der Waals surface area contributed by atoms with Crippen LogP contribution in [0, 0.1) is 11.3 Å². The molecule has 2 saturated heterocycles. The number of rotatable bonds is 1. The van der Waals surface area contributed by atoms with Gasteiger partial charge in [-0.25, -0.2) is 0 Å². The molecule has 0 aliphatic carbocycles. The third-order valence-corrected chi connectivity index (χ3v) is 3.86. The van der Waals surface area contributed by atoms with Gasteiger partial charge in [0.15, 0.2) is 0 Å². The van der Waals surface area contributed by atoms with E-state index in [0.29, 0.717) is 17.4 Å². The summed E-state index contributed by atoms with van der Waals surface area (Å²) in [5.41, 5.74) is 0.476. The molecule has 2 heteroatoms. The molecule has 0 aromatic rings. The van der Waals surface area contributed by atoms with Gasteiger partial charge in [0, 0.05) is 13.2 Å². The van der Waals surface area contributed by atoms with E-state index in [9.17, 15) is 0 Å². The summed E-state index contributed by atoms with van der Waals surface area (Å²) in [5.74, 6) is 0.673. The minimum absolute atomic E-state index is 0.476. The maximum absolute atomic E-state index is 5.98. The van der Waals surface area contributed by atoms with E-state index in [0.717, 1.165) is 19.8 Å². The molecule has 2 rings (SSSR count). The summed E-state index contributed by atoms with van der Waals surface area (Å²) in [6.45, 7) is 7.36. The van der Waals surface area contributed by atoms with Crippen LogP contribution in [0.3, 0.4) is 0 Å². The first-order valence-electron chi connectivity index (χ1n) is 5.91. The Kier molecular flexibility index (Phi) is 3.13. The monoisotopic (exact) mass is 198 g/mol. The van der Waals surface area contributed by atoms with Crippen molar-refractivity contribution in [2.24, 2.45) is 11.3 Å². The molecular weight excluding hydrogens is 176 g/mol. The molecule has 1 atom stereocenters. The first kappa shape index (κ1) is 10.4. The molecule has 2 heterocycles. The van der Waals surface area contributed by atoms with Crippen molar-refractivity contribution in [3.8, 4) is 0 Å². The van der Waals surface area contributed by atoms with Crippen molar-refractivity contribution < 1.29 is 9.47 Å². The minimum Gasteiger partial charge on any atom is -0.381 e. The van der Waals surface area contributed by atoms with Gasteiger partial charge in [0.1, 0.15) is 0 Å². The Labute approximate surface area is 87.0 Å². The van der Waals surface area contributed by atoms with Gasteiger partial charge in [-0.15, -0.1) is 0 Å². The van der Waals surface area contributed by atoms with Crippen molar-refractivity contribution in [1.29, 1.82) is 0 Å². The normalized spacial score (nSPS) is 32.4. The van der Waals surface area contributed by atoms with Crippen molar-refractivity contribution >= 4 is 0 Å². The highest BCUT2D eigenvalue weighted by Crippen LogP contribution is 2.40. The van der Waals surface area contributed by atoms with Gasteiger partial charge in [0.2, 0.25) is 0 Å². The van der Waals surface area contributed by atoms with Crippen LogP contribution in [0.2, 0.25) is 0 Å². The predicted octanol–water partition coefficient (Wildman–Crippen LogP) is 2.62. The molecule has 0 N–H and O–H groups in total. The van der Waals surface area contributed by atoms with E-state index in [2.05, 4.69) is 13.8 Å². The van der Waals surface area contributed by atoms with E-state index in [1.165, 1.54) is 25.7 Å². The standard InChI is InChI=1S/C12H22O2/c1-10(2)11-3-4-12(9-14-11)5-7-13-8-6-12/h10-11H,3-9H2,1-2H3/t11-/m1/s1. The average Bonchev–Trinajstić information content (AvgIpc) is 2.19. The fraction of sp³-hybridized carbons (Fsp3) is 1.00. The highest BCUT2D eigenvalue weighted by Gasteiger charge is 2.37. The fourth-order valence-electron chi connectivity index (χ4n) is 2.61. The van der Waals surface area contributed by atoms with Gasteiger partial charge in [-0.3, -0.25) is 0 Å². The molecule has 2 nitrogen and oxygen atoms in total. The molecule has 2 fully saturated rings. The van der Waals surface area contributed by atoms with Gasteiger partial charge in [-0.2, -0.15) is 0 Å². The van der Waals surface area contributed by atoms with Crippen LogP contribution in [-0.2, 0) is 9.47 Å². The molecule has 0 amide bonds. The lowest BCUT2D eigenvalue weighted by Gasteiger charge is -2.43. The maximum atomic E-state index is 5.98. The quantitative estimate of drug-likeness (QED) is 0.645. The highest BCUT2D eigenvalue weighted by molar-refractivity contribution is 4.87. The molecular formula is C12H22O2. The zero-order valence-corrected chi connectivity index (χ0v) is 9.42. The van der Waals surface area contributed by atoms with E-state index in [1.807, 2.05) is 0 Å². The van der Waals surface area contributed by atoms with Crippen LogP contribution in [0.15, 0.2) is 0 Å². The van der Waals surface area contributed by atoms with Crippen LogP contribution in [0.5, 0.6) is 0 Å². The molecule has 0 saturated carbocycles. The van der Waals surface area contributed by atoms with E-state index in [1.54, 1.807) is 0 Å². The van der Waals surface area contributed by atoms with Gasteiger partial charge in [0.05, 0.1) is 12.7 Å². The zero-order valence-electron chi connectivity index (χ0n) is 9.42. The second kappa shape index (κ2) is 4.19. The van der Waals surface area contributed by atoms with Crippen LogP contribution in [0.1, 0.15) is 39.5 Å². The summed E-state index contributed by atoms with van der Waals surface area (Å²) in [5, 5.41) is 0. The van der Waals surface area contributed by atoms with E-state index in [4.69, 9.17) is 9.47 Å². The van der Waals surface area contributed by atoms with Crippen molar-refractivity contribution in [3.05, 3.63) is 0 Å². The Bertz CT molecular complexity index is 173. The lowest BCUT2D eigenvalue weighted by molar-refractivity contribution is -0.116. The molecule has 2 aliphatic heterocycles. The summed E-state index contributed by atoms with van der Waals surface area (Å²) in [6, 6.07) is 0. The third kappa shape index (κ3) is 2.12. The second-order valence-electron chi connectivity index (χ2n) is 5.24. The largest absolute Gasteiger partial charge is 0.381 e. The highest BCUT2D eigenvalue weighted by atomic mass is 16.5. The lowest BCUT2D eigenvalue weighted by atomic mass is 9.74. The van der Waals surface area contributed by atoms with Crippen molar-refractivity contribution in [2.75, 3.05) is 19.8 Å². The summed E-state index contributed by atoms with van der Waals surface area (Å²) < 4.78 is 11.4. The van der Waals surface area contributed by atoms with Gasteiger partial charge in [-0.1, -0.05) is 13.8 Å².